The topological polar surface area (TPSA) is 54.9 Å². The van der Waals surface area contributed by atoms with Crippen molar-refractivity contribution in [3.05, 3.63) is 39.2 Å². The number of carbonyl (C=O) groups excluding carboxylic acids is 1. The molecule has 0 spiro atoms. The minimum absolute atomic E-state index is 0.456. The number of benzene rings is 1. The summed E-state index contributed by atoms with van der Waals surface area (Å²) >= 11 is 13.4. The lowest BCUT2D eigenvalue weighted by Crippen LogP contribution is -1.97. The van der Waals surface area contributed by atoms with Crippen LogP contribution in [-0.2, 0) is 0 Å². The second-order valence-corrected chi connectivity index (χ2v) is 6.14. The largest absolute Gasteiger partial charge is 0.357 e. The van der Waals surface area contributed by atoms with Gasteiger partial charge in [0.15, 0.2) is 6.29 Å². The summed E-state index contributed by atoms with van der Waals surface area (Å²) in [6.45, 7) is 0. The molecule has 3 rings (SSSR count). The van der Waals surface area contributed by atoms with Crippen LogP contribution in [0.3, 0.4) is 0 Å². The van der Waals surface area contributed by atoms with Gasteiger partial charge in [-0.3, -0.25) is 4.79 Å². The lowest BCUT2D eigenvalue weighted by Gasteiger charge is -2.06. The molecule has 106 valence electrons. The van der Waals surface area contributed by atoms with Crippen LogP contribution >= 0.6 is 34.5 Å². The average molecular weight is 338 g/mol. The van der Waals surface area contributed by atoms with Gasteiger partial charge in [0.2, 0.25) is 5.95 Å². The third-order valence-electron chi connectivity index (χ3n) is 2.94. The average Bonchev–Trinajstić information content (AvgIpc) is 2.92. The summed E-state index contributed by atoms with van der Waals surface area (Å²) in [7, 11) is 1.74. The molecule has 0 amide bonds. The zero-order valence-electron chi connectivity index (χ0n) is 10.9. The van der Waals surface area contributed by atoms with Crippen LogP contribution in [0.5, 0.6) is 0 Å². The molecule has 0 unspecified atom stereocenters. The van der Waals surface area contributed by atoms with E-state index >= 15 is 0 Å². The number of anilines is 1. The molecule has 2 aromatic heterocycles. The second-order valence-electron chi connectivity index (χ2n) is 4.26. The van der Waals surface area contributed by atoms with Crippen LogP contribution in [0.4, 0.5) is 5.95 Å². The van der Waals surface area contributed by atoms with Crippen molar-refractivity contribution in [3.63, 3.8) is 0 Å². The molecule has 3 aromatic rings. The predicted molar refractivity (Wildman–Crippen MR) is 87.8 cm³/mol. The molecule has 0 aliphatic carbocycles. The van der Waals surface area contributed by atoms with Gasteiger partial charge >= 0.3 is 0 Å². The number of hydrogen-bond donors (Lipinski definition) is 1. The van der Waals surface area contributed by atoms with Crippen molar-refractivity contribution >= 4 is 57.0 Å². The van der Waals surface area contributed by atoms with Crippen LogP contribution in [0.15, 0.2) is 24.3 Å². The fourth-order valence-electron chi connectivity index (χ4n) is 1.97. The van der Waals surface area contributed by atoms with E-state index in [1.807, 2.05) is 6.07 Å². The third kappa shape index (κ3) is 2.60. The molecule has 0 aliphatic heterocycles. The fourth-order valence-corrected chi connectivity index (χ4v) is 3.12. The molecule has 0 radical (unpaired) electrons. The summed E-state index contributed by atoms with van der Waals surface area (Å²) in [6.07, 6.45) is 0.810. The van der Waals surface area contributed by atoms with Crippen LogP contribution in [0, 0.1) is 0 Å². The van der Waals surface area contributed by atoms with Gasteiger partial charge in [0.25, 0.3) is 0 Å². The van der Waals surface area contributed by atoms with Crippen LogP contribution in [0.25, 0.3) is 21.5 Å². The van der Waals surface area contributed by atoms with Crippen molar-refractivity contribution in [3.8, 4) is 11.3 Å². The quantitative estimate of drug-likeness (QED) is 0.714. The summed E-state index contributed by atoms with van der Waals surface area (Å²) in [5.41, 5.74) is 1.54. The van der Waals surface area contributed by atoms with Crippen molar-refractivity contribution in [1.29, 1.82) is 0 Å². The number of aldehydes is 1. The highest BCUT2D eigenvalue weighted by molar-refractivity contribution is 7.20. The van der Waals surface area contributed by atoms with Gasteiger partial charge in [-0.25, -0.2) is 9.97 Å². The first-order valence-electron chi connectivity index (χ1n) is 6.02. The van der Waals surface area contributed by atoms with Crippen molar-refractivity contribution in [2.45, 2.75) is 0 Å². The Kier molecular flexibility index (Phi) is 3.80. The van der Waals surface area contributed by atoms with Gasteiger partial charge in [0, 0.05) is 18.0 Å². The van der Waals surface area contributed by atoms with Crippen LogP contribution in [0.2, 0.25) is 10.0 Å². The molecule has 0 saturated carbocycles. The Morgan fingerprint density at radius 1 is 1.19 bits per heavy atom. The maximum atomic E-state index is 11.0. The number of hydrogen-bond acceptors (Lipinski definition) is 5. The number of thiophene rings is 1. The van der Waals surface area contributed by atoms with Gasteiger partial charge < -0.3 is 5.32 Å². The number of aromatic nitrogens is 2. The summed E-state index contributed by atoms with van der Waals surface area (Å²) in [5, 5.41) is 4.68. The first-order chi connectivity index (χ1) is 10.1. The highest BCUT2D eigenvalue weighted by Gasteiger charge is 2.13. The lowest BCUT2D eigenvalue weighted by atomic mass is 10.1. The molecule has 1 N–H and O–H groups in total. The molecule has 0 atom stereocenters. The summed E-state index contributed by atoms with van der Waals surface area (Å²) < 4.78 is 0. The maximum Gasteiger partial charge on any atom is 0.224 e. The summed E-state index contributed by atoms with van der Waals surface area (Å²) in [6, 6.07) is 7.10. The Hall–Kier alpha value is -1.69. The third-order valence-corrected chi connectivity index (χ3v) is 4.64. The maximum absolute atomic E-state index is 11.0. The number of halogens is 2. The zero-order chi connectivity index (χ0) is 15.0. The van der Waals surface area contributed by atoms with E-state index in [1.54, 1.807) is 25.2 Å². The van der Waals surface area contributed by atoms with Crippen LogP contribution in [0.1, 0.15) is 9.67 Å². The Labute approximate surface area is 134 Å². The molecule has 0 saturated heterocycles. The van der Waals surface area contributed by atoms with Gasteiger partial charge in [-0.15, -0.1) is 11.3 Å². The zero-order valence-corrected chi connectivity index (χ0v) is 13.2. The highest BCUT2D eigenvalue weighted by atomic mass is 35.5. The second kappa shape index (κ2) is 5.60. The van der Waals surface area contributed by atoms with Gasteiger partial charge in [0.05, 0.1) is 20.6 Å². The number of rotatable bonds is 3. The molecule has 0 aliphatic rings. The molecular weight excluding hydrogens is 329 g/mol. The van der Waals surface area contributed by atoms with E-state index in [9.17, 15) is 4.79 Å². The minimum atomic E-state index is 0.456. The summed E-state index contributed by atoms with van der Waals surface area (Å²) in [4.78, 5) is 21.2. The van der Waals surface area contributed by atoms with Gasteiger partial charge in [0.1, 0.15) is 4.83 Å². The van der Waals surface area contributed by atoms with E-state index in [0.717, 1.165) is 22.1 Å². The monoisotopic (exact) mass is 337 g/mol. The van der Waals surface area contributed by atoms with Crippen LogP contribution in [-0.4, -0.2) is 23.3 Å². The standard InChI is InChI=1S/C14H9Cl2N3OS/c1-17-14-18-12(7-2-3-10(15)11(16)4-7)9-5-8(6-20)21-13(9)19-14/h2-6H,1H3,(H,17,18,19). The fraction of sp³-hybridized carbons (Fsp3) is 0.0714. The van der Waals surface area contributed by atoms with Gasteiger partial charge in [-0.1, -0.05) is 29.3 Å². The van der Waals surface area contributed by atoms with Crippen molar-refractivity contribution in [1.82, 2.24) is 9.97 Å². The van der Waals surface area contributed by atoms with E-state index in [0.29, 0.717) is 26.6 Å². The SMILES string of the molecule is CNc1nc(-c2ccc(Cl)c(Cl)c2)c2cc(C=O)sc2n1. The Bertz CT molecular complexity index is 848. The molecular formula is C14H9Cl2N3OS. The number of nitrogens with one attached hydrogen (secondary N) is 1. The minimum Gasteiger partial charge on any atom is -0.357 e. The summed E-state index contributed by atoms with van der Waals surface area (Å²) in [5.74, 6) is 0.489. The predicted octanol–water partition coefficient (Wildman–Crippen LogP) is 4.52. The lowest BCUT2D eigenvalue weighted by molar-refractivity contribution is 0.112. The number of nitrogens with zero attached hydrogens (tertiary/aromatic N) is 2. The van der Waals surface area contributed by atoms with E-state index in [-0.39, 0.29) is 0 Å². The van der Waals surface area contributed by atoms with Crippen LogP contribution < -0.4 is 5.32 Å². The smallest absolute Gasteiger partial charge is 0.224 e. The molecule has 2 heterocycles. The first kappa shape index (κ1) is 14.3. The molecule has 1 aromatic carbocycles. The Balaban J connectivity index is 2.30. The molecule has 4 nitrogen and oxygen atoms in total. The van der Waals surface area contributed by atoms with Gasteiger partial charge in [-0.05, 0) is 18.2 Å². The number of carbonyl (C=O) groups is 1. The normalized spacial score (nSPS) is 10.8. The Morgan fingerprint density at radius 3 is 2.67 bits per heavy atom. The van der Waals surface area contributed by atoms with E-state index in [1.165, 1.54) is 11.3 Å². The number of fused-ring (bicyclic) bond motifs is 1. The Morgan fingerprint density at radius 2 is 2.00 bits per heavy atom. The van der Waals surface area contributed by atoms with E-state index < -0.39 is 0 Å². The molecule has 21 heavy (non-hydrogen) atoms. The molecule has 0 bridgehead atoms. The van der Waals surface area contributed by atoms with E-state index in [4.69, 9.17) is 23.2 Å². The van der Waals surface area contributed by atoms with Gasteiger partial charge in [-0.2, -0.15) is 0 Å². The first-order valence-corrected chi connectivity index (χ1v) is 7.59. The molecule has 0 fully saturated rings. The van der Waals surface area contributed by atoms with Crippen molar-refractivity contribution in [2.24, 2.45) is 0 Å². The van der Waals surface area contributed by atoms with E-state index in [2.05, 4.69) is 15.3 Å². The van der Waals surface area contributed by atoms with Crippen molar-refractivity contribution in [2.75, 3.05) is 12.4 Å². The highest BCUT2D eigenvalue weighted by Crippen LogP contribution is 2.34. The van der Waals surface area contributed by atoms with Crippen molar-refractivity contribution < 1.29 is 4.79 Å². The molecule has 7 heteroatoms.